The second-order valence-corrected chi connectivity index (χ2v) is 2.26. The van der Waals surface area contributed by atoms with Crippen LogP contribution in [0.2, 0.25) is 0 Å². The molecule has 1 amide bonds. The van der Waals surface area contributed by atoms with E-state index in [-0.39, 0.29) is 19.4 Å². The molecule has 0 aliphatic heterocycles. The average molecular weight is 188 g/mol. The minimum atomic E-state index is -0.693. The maximum Gasteiger partial charge on any atom is 0.345 e. The molecule has 0 bridgehead atoms. The van der Waals surface area contributed by atoms with Crippen LogP contribution in [0, 0.1) is 0 Å². The molecule has 6 nitrogen and oxygen atoms in total. The van der Waals surface area contributed by atoms with Gasteiger partial charge in [-0.15, -0.1) is 0 Å². The lowest BCUT2D eigenvalue weighted by Gasteiger charge is -2.14. The van der Waals surface area contributed by atoms with Crippen molar-refractivity contribution in [1.82, 2.24) is 5.06 Å². The Hall–Kier alpha value is -1.43. The summed E-state index contributed by atoms with van der Waals surface area (Å²) in [6, 6.07) is 0. The first-order chi connectivity index (χ1) is 6.11. The van der Waals surface area contributed by atoms with Gasteiger partial charge in [-0.05, 0) is 0 Å². The molecule has 0 aromatic rings. The second kappa shape index (κ2) is 6.13. The van der Waals surface area contributed by atoms with Gasteiger partial charge >= 0.3 is 5.97 Å². The molecular weight excluding hydrogens is 176 g/mol. The van der Waals surface area contributed by atoms with Gasteiger partial charge in [0.25, 0.3) is 5.91 Å². The van der Waals surface area contributed by atoms with E-state index in [1.165, 1.54) is 7.05 Å². The molecule has 0 radical (unpaired) electrons. The van der Waals surface area contributed by atoms with Crippen molar-refractivity contribution in [3.63, 3.8) is 0 Å². The van der Waals surface area contributed by atoms with Crippen LogP contribution in [-0.4, -0.2) is 36.8 Å². The van der Waals surface area contributed by atoms with E-state index in [1.807, 2.05) is 0 Å². The van der Waals surface area contributed by atoms with E-state index in [0.717, 1.165) is 5.06 Å². The summed E-state index contributed by atoms with van der Waals surface area (Å²) in [7, 11) is 1.29. The van der Waals surface area contributed by atoms with Crippen LogP contribution in [0.25, 0.3) is 0 Å². The summed E-state index contributed by atoms with van der Waals surface area (Å²) in [6.45, 7) is -0.286. The maximum absolute atomic E-state index is 11.0. The van der Waals surface area contributed by atoms with Gasteiger partial charge in [-0.2, -0.15) is 5.06 Å². The van der Waals surface area contributed by atoms with Crippen LogP contribution in [-0.2, 0) is 19.2 Å². The number of nitrogens with zero attached hydrogens (tertiary/aromatic N) is 1. The standard InChI is InChI=1S/C7H12N2O4/c1-9(13-7(12)5-8)6(11)3-2-4-10/h4H,2-3,5,8H2,1H3. The predicted octanol–water partition coefficient (Wildman–Crippen LogP) is -1.16. The van der Waals surface area contributed by atoms with Gasteiger partial charge in [-0.1, -0.05) is 0 Å². The summed E-state index contributed by atoms with van der Waals surface area (Å²) in [6.07, 6.45) is 0.762. The molecule has 0 aromatic heterocycles. The van der Waals surface area contributed by atoms with Crippen molar-refractivity contribution in [2.45, 2.75) is 12.8 Å². The van der Waals surface area contributed by atoms with Crippen molar-refractivity contribution in [2.24, 2.45) is 5.73 Å². The number of amides is 1. The molecule has 74 valence electrons. The monoisotopic (exact) mass is 188 g/mol. The number of carbonyl (C=O) groups is 3. The third-order valence-electron chi connectivity index (χ3n) is 1.23. The molecule has 0 aliphatic carbocycles. The molecular formula is C7H12N2O4. The molecule has 0 atom stereocenters. The summed E-state index contributed by atoms with van der Waals surface area (Å²) in [4.78, 5) is 36.0. The summed E-state index contributed by atoms with van der Waals surface area (Å²) >= 11 is 0. The zero-order valence-electron chi connectivity index (χ0n) is 7.36. The minimum Gasteiger partial charge on any atom is -0.337 e. The lowest BCUT2D eigenvalue weighted by atomic mass is 10.3. The Morgan fingerprint density at radius 1 is 1.54 bits per heavy atom. The van der Waals surface area contributed by atoms with Gasteiger partial charge in [0.2, 0.25) is 0 Å². The zero-order valence-corrected chi connectivity index (χ0v) is 7.36. The summed E-state index contributed by atoms with van der Waals surface area (Å²) in [5, 5.41) is 0.776. The van der Waals surface area contributed by atoms with Crippen LogP contribution < -0.4 is 5.73 Å². The van der Waals surface area contributed by atoms with Crippen molar-refractivity contribution in [2.75, 3.05) is 13.6 Å². The Balaban J connectivity index is 3.81. The lowest BCUT2D eigenvalue weighted by molar-refractivity contribution is -0.191. The highest BCUT2D eigenvalue weighted by Crippen LogP contribution is 1.94. The summed E-state index contributed by atoms with van der Waals surface area (Å²) < 4.78 is 0. The first-order valence-corrected chi connectivity index (χ1v) is 3.73. The zero-order chi connectivity index (χ0) is 10.3. The van der Waals surface area contributed by atoms with Gasteiger partial charge < -0.3 is 15.4 Å². The van der Waals surface area contributed by atoms with Crippen molar-refractivity contribution in [3.8, 4) is 0 Å². The predicted molar refractivity (Wildman–Crippen MR) is 43.2 cm³/mol. The molecule has 0 fully saturated rings. The largest absolute Gasteiger partial charge is 0.345 e. The highest BCUT2D eigenvalue weighted by molar-refractivity contribution is 5.79. The Morgan fingerprint density at radius 3 is 2.62 bits per heavy atom. The molecule has 2 N–H and O–H groups in total. The second-order valence-electron chi connectivity index (χ2n) is 2.26. The van der Waals surface area contributed by atoms with E-state index in [9.17, 15) is 14.4 Å². The van der Waals surface area contributed by atoms with Crippen molar-refractivity contribution in [1.29, 1.82) is 0 Å². The SMILES string of the molecule is CN(OC(=O)CN)C(=O)CCC=O. The molecule has 13 heavy (non-hydrogen) atoms. The van der Waals surface area contributed by atoms with E-state index >= 15 is 0 Å². The smallest absolute Gasteiger partial charge is 0.337 e. The highest BCUT2D eigenvalue weighted by atomic mass is 16.7. The van der Waals surface area contributed by atoms with E-state index in [1.54, 1.807) is 0 Å². The molecule has 0 unspecified atom stereocenters. The van der Waals surface area contributed by atoms with Crippen LogP contribution in [0.4, 0.5) is 0 Å². The van der Waals surface area contributed by atoms with Crippen LogP contribution in [0.3, 0.4) is 0 Å². The maximum atomic E-state index is 11.0. The van der Waals surface area contributed by atoms with E-state index < -0.39 is 11.9 Å². The summed E-state index contributed by atoms with van der Waals surface area (Å²) in [5.74, 6) is -1.13. The number of hydrogen-bond donors (Lipinski definition) is 1. The van der Waals surface area contributed by atoms with Crippen LogP contribution >= 0.6 is 0 Å². The highest BCUT2D eigenvalue weighted by Gasteiger charge is 2.11. The van der Waals surface area contributed by atoms with Crippen LogP contribution in [0.5, 0.6) is 0 Å². The lowest BCUT2D eigenvalue weighted by Crippen LogP contribution is -2.32. The Labute approximate surface area is 75.6 Å². The van der Waals surface area contributed by atoms with Crippen LogP contribution in [0.1, 0.15) is 12.8 Å². The van der Waals surface area contributed by atoms with E-state index in [0.29, 0.717) is 6.29 Å². The molecule has 0 saturated heterocycles. The Kier molecular flexibility index (Phi) is 5.45. The third kappa shape index (κ3) is 4.91. The molecule has 0 heterocycles. The fourth-order valence-corrected chi connectivity index (χ4v) is 0.581. The number of hydroxylamine groups is 2. The Bertz CT molecular complexity index is 205. The molecule has 6 heteroatoms. The molecule has 0 saturated carbocycles. The van der Waals surface area contributed by atoms with Crippen molar-refractivity contribution in [3.05, 3.63) is 0 Å². The number of hydrogen-bond acceptors (Lipinski definition) is 5. The van der Waals surface area contributed by atoms with Gasteiger partial charge in [0.1, 0.15) is 6.29 Å². The molecule has 0 spiro atoms. The van der Waals surface area contributed by atoms with Gasteiger partial charge in [-0.3, -0.25) is 4.79 Å². The fraction of sp³-hybridized carbons (Fsp3) is 0.571. The Morgan fingerprint density at radius 2 is 2.15 bits per heavy atom. The van der Waals surface area contributed by atoms with Gasteiger partial charge in [0.05, 0.1) is 6.54 Å². The normalized spacial score (nSPS) is 9.08. The number of aldehydes is 1. The van der Waals surface area contributed by atoms with E-state index in [4.69, 9.17) is 5.73 Å². The summed E-state index contributed by atoms with van der Waals surface area (Å²) in [5.41, 5.74) is 4.95. The van der Waals surface area contributed by atoms with Gasteiger partial charge in [0, 0.05) is 19.9 Å². The number of rotatable bonds is 4. The molecule has 0 aliphatic rings. The van der Waals surface area contributed by atoms with Gasteiger partial charge in [-0.25, -0.2) is 4.79 Å². The van der Waals surface area contributed by atoms with Gasteiger partial charge in [0.15, 0.2) is 0 Å². The number of nitrogens with two attached hydrogens (primary N) is 1. The first-order valence-electron chi connectivity index (χ1n) is 3.73. The minimum absolute atomic E-state index is 0.0256. The van der Waals surface area contributed by atoms with Crippen molar-refractivity contribution >= 4 is 18.2 Å². The quantitative estimate of drug-likeness (QED) is 0.444. The third-order valence-corrected chi connectivity index (χ3v) is 1.23. The molecule has 0 rings (SSSR count). The fourth-order valence-electron chi connectivity index (χ4n) is 0.581. The topological polar surface area (TPSA) is 89.7 Å². The van der Waals surface area contributed by atoms with Crippen molar-refractivity contribution < 1.29 is 19.2 Å². The van der Waals surface area contributed by atoms with Crippen LogP contribution in [0.15, 0.2) is 0 Å². The molecule has 0 aromatic carbocycles. The first kappa shape index (κ1) is 11.6. The number of carbonyl (C=O) groups excluding carboxylic acids is 3. The average Bonchev–Trinajstić information content (AvgIpc) is 2.13. The van der Waals surface area contributed by atoms with E-state index in [2.05, 4.69) is 4.84 Å².